The number of rotatable bonds is 8. The first-order valence-electron chi connectivity index (χ1n) is 9.28. The fourth-order valence-electron chi connectivity index (χ4n) is 3.29. The van der Waals surface area contributed by atoms with E-state index in [-0.39, 0.29) is 12.0 Å². The van der Waals surface area contributed by atoms with Crippen LogP contribution in [0.3, 0.4) is 0 Å². The SMILES string of the molecule is CCOc1ccc2ccccc2c1C(=O)NCC(OC)c1ccccc1OC. The van der Waals surface area contributed by atoms with E-state index in [4.69, 9.17) is 14.2 Å². The van der Waals surface area contributed by atoms with Gasteiger partial charge in [0.1, 0.15) is 17.6 Å². The molecule has 0 radical (unpaired) electrons. The van der Waals surface area contributed by atoms with E-state index in [1.165, 1.54) is 0 Å². The number of benzene rings is 3. The Morgan fingerprint density at radius 3 is 2.46 bits per heavy atom. The molecule has 0 aromatic heterocycles. The van der Waals surface area contributed by atoms with Gasteiger partial charge in [0.2, 0.25) is 0 Å². The molecular weight excluding hydrogens is 354 g/mol. The third-order valence-electron chi connectivity index (χ3n) is 4.64. The number of carbonyl (C=O) groups is 1. The van der Waals surface area contributed by atoms with Crippen molar-refractivity contribution >= 4 is 16.7 Å². The molecule has 0 fully saturated rings. The Morgan fingerprint density at radius 1 is 0.964 bits per heavy atom. The molecule has 0 saturated carbocycles. The first-order valence-corrected chi connectivity index (χ1v) is 9.28. The molecule has 0 aliphatic rings. The summed E-state index contributed by atoms with van der Waals surface area (Å²) >= 11 is 0. The number of amides is 1. The van der Waals surface area contributed by atoms with Crippen molar-refractivity contribution in [3.8, 4) is 11.5 Å². The molecule has 0 aliphatic heterocycles. The maximum Gasteiger partial charge on any atom is 0.255 e. The Balaban J connectivity index is 1.87. The fraction of sp³-hybridized carbons (Fsp3) is 0.261. The van der Waals surface area contributed by atoms with E-state index in [2.05, 4.69) is 5.32 Å². The van der Waals surface area contributed by atoms with Gasteiger partial charge in [0.15, 0.2) is 0 Å². The van der Waals surface area contributed by atoms with Crippen molar-refractivity contribution in [3.63, 3.8) is 0 Å². The van der Waals surface area contributed by atoms with Crippen molar-refractivity contribution in [1.82, 2.24) is 5.32 Å². The smallest absolute Gasteiger partial charge is 0.255 e. The second-order valence-corrected chi connectivity index (χ2v) is 6.27. The summed E-state index contributed by atoms with van der Waals surface area (Å²) in [5, 5.41) is 4.84. The van der Waals surface area contributed by atoms with Crippen molar-refractivity contribution in [2.75, 3.05) is 27.4 Å². The van der Waals surface area contributed by atoms with Crippen LogP contribution in [0.15, 0.2) is 60.7 Å². The van der Waals surface area contributed by atoms with Gasteiger partial charge in [0.05, 0.1) is 19.3 Å². The molecule has 1 unspecified atom stereocenters. The van der Waals surface area contributed by atoms with Crippen molar-refractivity contribution < 1.29 is 19.0 Å². The highest BCUT2D eigenvalue weighted by molar-refractivity contribution is 6.09. The van der Waals surface area contributed by atoms with E-state index in [1.807, 2.05) is 67.6 Å². The zero-order valence-electron chi connectivity index (χ0n) is 16.4. The largest absolute Gasteiger partial charge is 0.496 e. The summed E-state index contributed by atoms with van der Waals surface area (Å²) in [6, 6.07) is 19.2. The van der Waals surface area contributed by atoms with Crippen LogP contribution in [0.2, 0.25) is 0 Å². The Hall–Kier alpha value is -3.05. The molecule has 5 heteroatoms. The van der Waals surface area contributed by atoms with E-state index in [0.29, 0.717) is 24.5 Å². The van der Waals surface area contributed by atoms with E-state index < -0.39 is 0 Å². The second-order valence-electron chi connectivity index (χ2n) is 6.27. The molecule has 0 heterocycles. The van der Waals surface area contributed by atoms with Crippen LogP contribution in [0.1, 0.15) is 28.9 Å². The number of hydrogen-bond donors (Lipinski definition) is 1. The molecule has 0 spiro atoms. The summed E-state index contributed by atoms with van der Waals surface area (Å²) in [5.41, 5.74) is 1.42. The molecule has 3 aromatic rings. The normalized spacial score (nSPS) is 11.8. The van der Waals surface area contributed by atoms with E-state index >= 15 is 0 Å². The lowest BCUT2D eigenvalue weighted by atomic mass is 10.0. The van der Waals surface area contributed by atoms with Gasteiger partial charge < -0.3 is 19.5 Å². The van der Waals surface area contributed by atoms with Crippen molar-refractivity contribution in [3.05, 3.63) is 71.8 Å². The lowest BCUT2D eigenvalue weighted by Crippen LogP contribution is -2.30. The lowest BCUT2D eigenvalue weighted by molar-refractivity contribution is 0.0818. The van der Waals surface area contributed by atoms with Crippen LogP contribution in [0.5, 0.6) is 11.5 Å². The number of carbonyl (C=O) groups excluding carboxylic acids is 1. The summed E-state index contributed by atoms with van der Waals surface area (Å²) < 4.78 is 16.7. The Kier molecular flexibility index (Phi) is 6.50. The van der Waals surface area contributed by atoms with Crippen LogP contribution in [0, 0.1) is 0 Å². The number of fused-ring (bicyclic) bond motifs is 1. The molecule has 146 valence electrons. The standard InChI is InChI=1S/C23H25NO4/c1-4-28-20-14-13-16-9-5-6-10-17(16)22(20)23(25)24-15-21(27-3)18-11-7-8-12-19(18)26-2/h5-14,21H,4,15H2,1-3H3,(H,24,25). The van der Waals surface area contributed by atoms with E-state index in [1.54, 1.807) is 14.2 Å². The van der Waals surface area contributed by atoms with Gasteiger partial charge in [0, 0.05) is 19.2 Å². The average molecular weight is 379 g/mol. The molecule has 1 N–H and O–H groups in total. The fourth-order valence-corrected chi connectivity index (χ4v) is 3.29. The summed E-state index contributed by atoms with van der Waals surface area (Å²) in [6.45, 7) is 2.70. The summed E-state index contributed by atoms with van der Waals surface area (Å²) in [5.74, 6) is 1.10. The number of methoxy groups -OCH3 is 2. The van der Waals surface area contributed by atoms with Gasteiger partial charge in [-0.15, -0.1) is 0 Å². The molecule has 1 atom stereocenters. The minimum Gasteiger partial charge on any atom is -0.496 e. The predicted molar refractivity (Wildman–Crippen MR) is 110 cm³/mol. The first-order chi connectivity index (χ1) is 13.7. The third kappa shape index (κ3) is 4.10. The van der Waals surface area contributed by atoms with Crippen LogP contribution < -0.4 is 14.8 Å². The number of ether oxygens (including phenoxy) is 3. The lowest BCUT2D eigenvalue weighted by Gasteiger charge is -2.20. The maximum absolute atomic E-state index is 13.1. The van der Waals surface area contributed by atoms with Gasteiger partial charge in [-0.1, -0.05) is 48.5 Å². The number of hydrogen-bond acceptors (Lipinski definition) is 4. The number of nitrogens with one attached hydrogen (secondary N) is 1. The predicted octanol–water partition coefficient (Wildman–Crippen LogP) is 4.36. The summed E-state index contributed by atoms with van der Waals surface area (Å²) in [4.78, 5) is 13.1. The highest BCUT2D eigenvalue weighted by atomic mass is 16.5. The Bertz CT molecular complexity index is 954. The van der Waals surface area contributed by atoms with E-state index in [9.17, 15) is 4.79 Å². The van der Waals surface area contributed by atoms with Crippen LogP contribution in [-0.2, 0) is 4.74 Å². The Morgan fingerprint density at radius 2 is 1.71 bits per heavy atom. The van der Waals surface area contributed by atoms with Crippen LogP contribution >= 0.6 is 0 Å². The second kappa shape index (κ2) is 9.24. The molecule has 3 rings (SSSR count). The van der Waals surface area contributed by atoms with Crippen molar-refractivity contribution in [2.24, 2.45) is 0 Å². The first kappa shape index (κ1) is 19.7. The molecule has 5 nitrogen and oxygen atoms in total. The third-order valence-corrected chi connectivity index (χ3v) is 4.64. The molecule has 0 bridgehead atoms. The van der Waals surface area contributed by atoms with E-state index in [0.717, 1.165) is 22.1 Å². The minimum absolute atomic E-state index is 0.197. The molecular formula is C23H25NO4. The molecule has 3 aromatic carbocycles. The van der Waals surface area contributed by atoms with Gasteiger partial charge in [0.25, 0.3) is 5.91 Å². The monoisotopic (exact) mass is 379 g/mol. The molecule has 0 aliphatic carbocycles. The average Bonchev–Trinajstić information content (AvgIpc) is 2.74. The minimum atomic E-state index is -0.328. The zero-order chi connectivity index (χ0) is 19.9. The molecule has 28 heavy (non-hydrogen) atoms. The summed E-state index contributed by atoms with van der Waals surface area (Å²) in [6.07, 6.45) is -0.328. The summed E-state index contributed by atoms with van der Waals surface area (Å²) in [7, 11) is 3.24. The maximum atomic E-state index is 13.1. The quantitative estimate of drug-likeness (QED) is 0.632. The van der Waals surface area contributed by atoms with Gasteiger partial charge in [-0.05, 0) is 29.8 Å². The van der Waals surface area contributed by atoms with Gasteiger partial charge in [-0.25, -0.2) is 0 Å². The number of para-hydroxylation sites is 1. The topological polar surface area (TPSA) is 56.8 Å². The molecule has 0 saturated heterocycles. The van der Waals surface area contributed by atoms with Crippen LogP contribution in [0.25, 0.3) is 10.8 Å². The Labute approximate surface area is 165 Å². The van der Waals surface area contributed by atoms with Crippen molar-refractivity contribution in [1.29, 1.82) is 0 Å². The van der Waals surface area contributed by atoms with Crippen LogP contribution in [0.4, 0.5) is 0 Å². The highest BCUT2D eigenvalue weighted by Crippen LogP contribution is 2.29. The highest BCUT2D eigenvalue weighted by Gasteiger charge is 2.20. The zero-order valence-corrected chi connectivity index (χ0v) is 16.4. The van der Waals surface area contributed by atoms with Gasteiger partial charge in [-0.2, -0.15) is 0 Å². The van der Waals surface area contributed by atoms with Crippen molar-refractivity contribution in [2.45, 2.75) is 13.0 Å². The van der Waals surface area contributed by atoms with Crippen LogP contribution in [-0.4, -0.2) is 33.3 Å². The van der Waals surface area contributed by atoms with Gasteiger partial charge >= 0.3 is 0 Å². The van der Waals surface area contributed by atoms with Gasteiger partial charge in [-0.3, -0.25) is 4.79 Å². The molecule has 1 amide bonds.